The lowest BCUT2D eigenvalue weighted by atomic mass is 9.92. The lowest BCUT2D eigenvalue weighted by molar-refractivity contribution is -0.132. The zero-order chi connectivity index (χ0) is 17.8. The summed E-state index contributed by atoms with van der Waals surface area (Å²) in [5.41, 5.74) is 2.75. The predicted molar refractivity (Wildman–Crippen MR) is 96.3 cm³/mol. The van der Waals surface area contributed by atoms with Crippen molar-refractivity contribution in [3.05, 3.63) is 65.7 Å². The molecule has 2 aromatic carbocycles. The maximum absolute atomic E-state index is 12.7. The Morgan fingerprint density at radius 1 is 1.08 bits per heavy atom. The second-order valence-corrected chi connectivity index (χ2v) is 6.41. The van der Waals surface area contributed by atoms with Crippen LogP contribution >= 0.6 is 0 Å². The van der Waals surface area contributed by atoms with Gasteiger partial charge in [0.15, 0.2) is 0 Å². The number of ether oxygens (including phenoxy) is 1. The summed E-state index contributed by atoms with van der Waals surface area (Å²) in [6, 6.07) is 17.2. The van der Waals surface area contributed by atoms with Crippen molar-refractivity contribution >= 4 is 17.7 Å². The Balaban J connectivity index is 1.78. The number of carbonyl (C=O) groups is 2. The van der Waals surface area contributed by atoms with Crippen LogP contribution in [-0.2, 0) is 22.6 Å². The zero-order valence-corrected chi connectivity index (χ0v) is 14.5. The zero-order valence-electron chi connectivity index (χ0n) is 14.5. The van der Waals surface area contributed by atoms with Crippen molar-refractivity contribution in [2.45, 2.75) is 13.0 Å². The molecule has 1 unspecified atom stereocenters. The van der Waals surface area contributed by atoms with E-state index in [0.717, 1.165) is 16.8 Å². The van der Waals surface area contributed by atoms with E-state index in [1.165, 1.54) is 0 Å². The fourth-order valence-corrected chi connectivity index (χ4v) is 3.10. The molecule has 1 aliphatic rings. The molecule has 0 aliphatic carbocycles. The van der Waals surface area contributed by atoms with Crippen LogP contribution in [0.2, 0.25) is 0 Å². The van der Waals surface area contributed by atoms with Crippen LogP contribution in [0.4, 0.5) is 10.5 Å². The Hall–Kier alpha value is -2.82. The van der Waals surface area contributed by atoms with E-state index >= 15 is 0 Å². The molecule has 0 bridgehead atoms. The minimum Gasteiger partial charge on any atom is -0.444 e. The molecule has 1 atom stereocenters. The van der Waals surface area contributed by atoms with E-state index in [-0.39, 0.29) is 18.4 Å². The van der Waals surface area contributed by atoms with E-state index in [0.29, 0.717) is 13.0 Å². The molecule has 1 aliphatic heterocycles. The molecule has 2 amide bonds. The van der Waals surface area contributed by atoms with Gasteiger partial charge in [-0.3, -0.25) is 9.69 Å². The normalized spacial score (nSPS) is 16.1. The van der Waals surface area contributed by atoms with Crippen LogP contribution in [0.3, 0.4) is 0 Å². The molecule has 25 heavy (non-hydrogen) atoms. The lowest BCUT2D eigenvalue weighted by Crippen LogP contribution is -2.45. The number of hydrogen-bond acceptors (Lipinski definition) is 3. The smallest absolute Gasteiger partial charge is 0.414 e. The summed E-state index contributed by atoms with van der Waals surface area (Å²) in [7, 11) is 3.47. The topological polar surface area (TPSA) is 49.9 Å². The van der Waals surface area contributed by atoms with E-state index in [1.807, 2.05) is 54.6 Å². The van der Waals surface area contributed by atoms with Crippen molar-refractivity contribution in [2.75, 3.05) is 25.5 Å². The van der Waals surface area contributed by atoms with Gasteiger partial charge in [-0.15, -0.1) is 0 Å². The van der Waals surface area contributed by atoms with Gasteiger partial charge in [0, 0.05) is 20.6 Å². The summed E-state index contributed by atoms with van der Waals surface area (Å²) in [4.78, 5) is 28.2. The highest BCUT2D eigenvalue weighted by atomic mass is 16.6. The number of nitrogens with zero attached hydrogens (tertiary/aromatic N) is 2. The molecule has 5 heteroatoms. The molecule has 0 spiro atoms. The van der Waals surface area contributed by atoms with Gasteiger partial charge in [-0.05, 0) is 23.6 Å². The predicted octanol–water partition coefficient (Wildman–Crippen LogP) is 3.09. The highest BCUT2D eigenvalue weighted by molar-refractivity contribution is 5.92. The highest BCUT2D eigenvalue weighted by Gasteiger charge is 2.33. The Morgan fingerprint density at radius 3 is 2.48 bits per heavy atom. The first kappa shape index (κ1) is 17.0. The third kappa shape index (κ3) is 3.82. The van der Waals surface area contributed by atoms with E-state index < -0.39 is 6.09 Å². The first-order valence-corrected chi connectivity index (χ1v) is 8.33. The number of carbonyl (C=O) groups excluding carboxylic acids is 2. The number of para-hydroxylation sites is 1. The van der Waals surface area contributed by atoms with Gasteiger partial charge in [0.25, 0.3) is 0 Å². The molecule has 0 radical (unpaired) electrons. The number of hydrogen-bond donors (Lipinski definition) is 0. The standard InChI is InChI=1S/C20H22N2O3/c1-21(2)19(23)17-12-16-10-6-7-11-18(16)22(13-17)20(24)25-14-15-8-4-3-5-9-15/h3-11,17H,12-14H2,1-2H3. The van der Waals surface area contributed by atoms with E-state index in [4.69, 9.17) is 4.74 Å². The fourth-order valence-electron chi connectivity index (χ4n) is 3.10. The maximum Gasteiger partial charge on any atom is 0.414 e. The monoisotopic (exact) mass is 338 g/mol. The molecule has 130 valence electrons. The first-order valence-electron chi connectivity index (χ1n) is 8.33. The summed E-state index contributed by atoms with van der Waals surface area (Å²) in [5.74, 6) is -0.232. The SMILES string of the molecule is CN(C)C(=O)C1Cc2ccccc2N(C(=O)OCc2ccccc2)C1. The Morgan fingerprint density at radius 2 is 1.76 bits per heavy atom. The van der Waals surface area contributed by atoms with Crippen LogP contribution in [0.15, 0.2) is 54.6 Å². The fraction of sp³-hybridized carbons (Fsp3) is 0.300. The molecule has 2 aromatic rings. The average molecular weight is 338 g/mol. The van der Waals surface area contributed by atoms with Crippen LogP contribution in [0.25, 0.3) is 0 Å². The van der Waals surface area contributed by atoms with Crippen molar-refractivity contribution in [3.63, 3.8) is 0 Å². The van der Waals surface area contributed by atoms with Crippen molar-refractivity contribution < 1.29 is 14.3 Å². The van der Waals surface area contributed by atoms with Gasteiger partial charge >= 0.3 is 6.09 Å². The van der Waals surface area contributed by atoms with Crippen molar-refractivity contribution in [1.82, 2.24) is 4.90 Å². The molecule has 0 aromatic heterocycles. The van der Waals surface area contributed by atoms with Gasteiger partial charge in [-0.1, -0.05) is 48.5 Å². The first-order chi connectivity index (χ1) is 12.1. The van der Waals surface area contributed by atoms with Crippen LogP contribution in [-0.4, -0.2) is 37.5 Å². The van der Waals surface area contributed by atoms with E-state index in [2.05, 4.69) is 0 Å². The number of amides is 2. The molecule has 3 rings (SSSR count). The Labute approximate surface area is 147 Å². The average Bonchev–Trinajstić information content (AvgIpc) is 2.65. The molecule has 0 saturated carbocycles. The van der Waals surface area contributed by atoms with Gasteiger partial charge < -0.3 is 9.64 Å². The number of benzene rings is 2. The number of anilines is 1. The summed E-state index contributed by atoms with van der Waals surface area (Å²) < 4.78 is 5.48. The summed E-state index contributed by atoms with van der Waals surface area (Å²) in [6.45, 7) is 0.548. The highest BCUT2D eigenvalue weighted by Crippen LogP contribution is 2.31. The van der Waals surface area contributed by atoms with E-state index in [1.54, 1.807) is 23.9 Å². The molecular formula is C20H22N2O3. The van der Waals surface area contributed by atoms with Crippen molar-refractivity contribution in [3.8, 4) is 0 Å². The molecule has 0 fully saturated rings. The maximum atomic E-state index is 12.7. The lowest BCUT2D eigenvalue weighted by Gasteiger charge is -2.34. The van der Waals surface area contributed by atoms with Gasteiger partial charge in [0.2, 0.25) is 5.91 Å². The Bertz CT molecular complexity index is 759. The molecule has 5 nitrogen and oxygen atoms in total. The third-order valence-corrected chi connectivity index (χ3v) is 4.37. The Kier molecular flexibility index (Phi) is 5.03. The number of rotatable bonds is 3. The molecule has 0 N–H and O–H groups in total. The van der Waals surface area contributed by atoms with Gasteiger partial charge in [0.05, 0.1) is 11.6 Å². The minimum atomic E-state index is -0.424. The minimum absolute atomic E-state index is 0.0235. The van der Waals surface area contributed by atoms with Crippen LogP contribution in [0, 0.1) is 5.92 Å². The summed E-state index contributed by atoms with van der Waals surface area (Å²) in [5, 5.41) is 0. The molecule has 1 heterocycles. The summed E-state index contributed by atoms with van der Waals surface area (Å²) >= 11 is 0. The van der Waals surface area contributed by atoms with Gasteiger partial charge in [-0.2, -0.15) is 0 Å². The van der Waals surface area contributed by atoms with E-state index in [9.17, 15) is 9.59 Å². The summed E-state index contributed by atoms with van der Waals surface area (Å²) in [6.07, 6.45) is 0.211. The van der Waals surface area contributed by atoms with Gasteiger partial charge in [0.1, 0.15) is 6.61 Å². The van der Waals surface area contributed by atoms with Crippen LogP contribution < -0.4 is 4.90 Å². The largest absolute Gasteiger partial charge is 0.444 e. The molecule has 0 saturated heterocycles. The second kappa shape index (κ2) is 7.38. The second-order valence-electron chi connectivity index (χ2n) is 6.41. The van der Waals surface area contributed by atoms with Crippen LogP contribution in [0.5, 0.6) is 0 Å². The van der Waals surface area contributed by atoms with Crippen LogP contribution in [0.1, 0.15) is 11.1 Å². The van der Waals surface area contributed by atoms with Crippen molar-refractivity contribution in [2.24, 2.45) is 5.92 Å². The van der Waals surface area contributed by atoms with Gasteiger partial charge in [-0.25, -0.2) is 4.79 Å². The number of fused-ring (bicyclic) bond motifs is 1. The third-order valence-electron chi connectivity index (χ3n) is 4.37. The van der Waals surface area contributed by atoms with Crippen molar-refractivity contribution in [1.29, 1.82) is 0 Å². The molecular weight excluding hydrogens is 316 g/mol. The quantitative estimate of drug-likeness (QED) is 0.864.